The van der Waals surface area contributed by atoms with E-state index in [1.807, 2.05) is 20.8 Å². The van der Waals surface area contributed by atoms with Crippen LogP contribution in [0.4, 0.5) is 16.3 Å². The summed E-state index contributed by atoms with van der Waals surface area (Å²) >= 11 is 0. The molecule has 3 rings (SSSR count). The van der Waals surface area contributed by atoms with Crippen molar-refractivity contribution in [1.29, 1.82) is 0 Å². The van der Waals surface area contributed by atoms with Crippen molar-refractivity contribution in [1.82, 2.24) is 9.88 Å². The van der Waals surface area contributed by atoms with E-state index in [-0.39, 0.29) is 23.8 Å². The lowest BCUT2D eigenvalue weighted by Gasteiger charge is -2.33. The van der Waals surface area contributed by atoms with E-state index in [1.165, 1.54) is 0 Å². The molecule has 2 fully saturated rings. The van der Waals surface area contributed by atoms with Crippen LogP contribution >= 0.6 is 0 Å². The molecule has 2 aliphatic heterocycles. The monoisotopic (exact) mass is 332 g/mol. The van der Waals surface area contributed by atoms with Crippen molar-refractivity contribution in [3.05, 3.63) is 18.3 Å². The molecule has 0 saturated carbocycles. The molecule has 3 heterocycles. The summed E-state index contributed by atoms with van der Waals surface area (Å²) in [7, 11) is 0. The number of piperidine rings is 1. The third-order valence-electron chi connectivity index (χ3n) is 4.47. The predicted molar refractivity (Wildman–Crippen MR) is 90.4 cm³/mol. The molecule has 1 aromatic rings. The lowest BCUT2D eigenvalue weighted by molar-refractivity contribution is -0.121. The van der Waals surface area contributed by atoms with E-state index in [1.54, 1.807) is 28.1 Å². The minimum absolute atomic E-state index is 0.0638. The summed E-state index contributed by atoms with van der Waals surface area (Å²) in [4.78, 5) is 32.2. The number of hydrogen-bond donors (Lipinski definition) is 1. The summed E-state index contributed by atoms with van der Waals surface area (Å²) in [5, 5.41) is 0. The second-order valence-electron chi connectivity index (χ2n) is 7.56. The van der Waals surface area contributed by atoms with Crippen LogP contribution in [0.2, 0.25) is 0 Å². The fraction of sp³-hybridized carbons (Fsp3) is 0.588. The molecule has 2 saturated heterocycles. The van der Waals surface area contributed by atoms with Gasteiger partial charge in [0.25, 0.3) is 0 Å². The zero-order chi connectivity index (χ0) is 17.5. The maximum Gasteiger partial charge on any atom is 0.410 e. The Morgan fingerprint density at radius 1 is 1.25 bits per heavy atom. The smallest absolute Gasteiger partial charge is 0.410 e. The lowest BCUT2D eigenvalue weighted by atomic mass is 9.88. The molecule has 2 unspecified atom stereocenters. The van der Waals surface area contributed by atoms with Gasteiger partial charge in [-0.15, -0.1) is 0 Å². The minimum atomic E-state index is -0.512. The molecule has 0 aliphatic carbocycles. The fourth-order valence-corrected chi connectivity index (χ4v) is 3.33. The molecule has 1 aromatic heterocycles. The van der Waals surface area contributed by atoms with E-state index in [2.05, 4.69) is 4.98 Å². The number of amides is 2. The highest BCUT2D eigenvalue weighted by molar-refractivity contribution is 5.94. The molecule has 0 radical (unpaired) electrons. The minimum Gasteiger partial charge on any atom is -0.444 e. The van der Waals surface area contributed by atoms with E-state index < -0.39 is 5.60 Å². The van der Waals surface area contributed by atoms with Gasteiger partial charge >= 0.3 is 6.09 Å². The quantitative estimate of drug-likeness (QED) is 0.848. The van der Waals surface area contributed by atoms with Gasteiger partial charge in [-0.2, -0.15) is 0 Å². The maximum atomic E-state index is 12.5. The molecule has 7 heteroatoms. The number of nitrogens with zero attached hydrogens (tertiary/aromatic N) is 3. The summed E-state index contributed by atoms with van der Waals surface area (Å²) in [5.41, 5.74) is 5.85. The molecule has 130 valence electrons. The van der Waals surface area contributed by atoms with Crippen molar-refractivity contribution < 1.29 is 14.3 Å². The van der Waals surface area contributed by atoms with E-state index in [4.69, 9.17) is 10.5 Å². The Balaban J connectivity index is 1.68. The molecule has 7 nitrogen and oxygen atoms in total. The van der Waals surface area contributed by atoms with Crippen LogP contribution < -0.4 is 10.6 Å². The van der Waals surface area contributed by atoms with Crippen LogP contribution in [0.15, 0.2) is 18.3 Å². The summed E-state index contributed by atoms with van der Waals surface area (Å²) in [5.74, 6) is 0.947. The molecule has 0 spiro atoms. The molecule has 0 bridgehead atoms. The number of fused-ring (bicyclic) bond motifs is 1. The van der Waals surface area contributed by atoms with Crippen molar-refractivity contribution in [2.75, 3.05) is 30.3 Å². The van der Waals surface area contributed by atoms with Crippen molar-refractivity contribution in [3.8, 4) is 0 Å². The number of nitrogen functional groups attached to an aromatic ring is 1. The first-order chi connectivity index (χ1) is 11.2. The first-order valence-corrected chi connectivity index (χ1v) is 8.23. The standard InChI is InChI=1S/C17H24N4O3/c1-17(2,3)24-16(23)20-8-11-6-15(22)21(10-12(11)9-20)13-4-5-14(18)19-7-13/h4-5,7,11-12H,6,8-10H2,1-3H3,(H2,18,19). The molecule has 2 aliphatic rings. The van der Waals surface area contributed by atoms with Gasteiger partial charge in [0.2, 0.25) is 5.91 Å². The second-order valence-corrected chi connectivity index (χ2v) is 7.56. The predicted octanol–water partition coefficient (Wildman–Crippen LogP) is 1.88. The van der Waals surface area contributed by atoms with Crippen LogP contribution in [-0.4, -0.2) is 47.1 Å². The average molecular weight is 332 g/mol. The summed E-state index contributed by atoms with van der Waals surface area (Å²) in [6.07, 6.45) is 1.76. The third kappa shape index (κ3) is 3.44. The first kappa shape index (κ1) is 16.5. The number of nitrogens with two attached hydrogens (primary N) is 1. The Kier molecular flexibility index (Phi) is 4.11. The number of pyridine rings is 1. The zero-order valence-corrected chi connectivity index (χ0v) is 14.4. The first-order valence-electron chi connectivity index (χ1n) is 8.23. The van der Waals surface area contributed by atoms with Gasteiger partial charge in [-0.1, -0.05) is 0 Å². The van der Waals surface area contributed by atoms with E-state index in [0.29, 0.717) is 31.9 Å². The number of carbonyl (C=O) groups excluding carboxylic acids is 2. The van der Waals surface area contributed by atoms with Gasteiger partial charge in [-0.3, -0.25) is 4.79 Å². The Hall–Kier alpha value is -2.31. The van der Waals surface area contributed by atoms with Gasteiger partial charge in [0.15, 0.2) is 0 Å². The Morgan fingerprint density at radius 3 is 2.58 bits per heavy atom. The number of ether oxygens (including phenoxy) is 1. The molecular formula is C17H24N4O3. The van der Waals surface area contributed by atoms with Crippen molar-refractivity contribution >= 4 is 23.5 Å². The molecule has 24 heavy (non-hydrogen) atoms. The fourth-order valence-electron chi connectivity index (χ4n) is 3.33. The summed E-state index contributed by atoms with van der Waals surface area (Å²) < 4.78 is 5.44. The normalized spacial score (nSPS) is 24.0. The van der Waals surface area contributed by atoms with Gasteiger partial charge in [0.1, 0.15) is 11.4 Å². The number of likely N-dealkylation sites (tertiary alicyclic amines) is 1. The maximum absolute atomic E-state index is 12.5. The highest BCUT2D eigenvalue weighted by atomic mass is 16.6. The SMILES string of the molecule is CC(C)(C)OC(=O)N1CC2CC(=O)N(c3ccc(N)nc3)CC2C1. The highest BCUT2D eigenvalue weighted by Crippen LogP contribution is 2.34. The van der Waals surface area contributed by atoms with Crippen LogP contribution in [0.3, 0.4) is 0 Å². The van der Waals surface area contributed by atoms with Gasteiger partial charge in [0.05, 0.1) is 11.9 Å². The van der Waals surface area contributed by atoms with Gasteiger partial charge < -0.3 is 20.3 Å². The molecule has 0 aromatic carbocycles. The third-order valence-corrected chi connectivity index (χ3v) is 4.47. The number of aromatic nitrogens is 1. The van der Waals surface area contributed by atoms with Gasteiger partial charge in [-0.05, 0) is 44.7 Å². The van der Waals surface area contributed by atoms with Crippen LogP contribution in [-0.2, 0) is 9.53 Å². The number of carbonyl (C=O) groups is 2. The molecule has 2 N–H and O–H groups in total. The highest BCUT2D eigenvalue weighted by Gasteiger charge is 2.43. The number of hydrogen-bond acceptors (Lipinski definition) is 5. The van der Waals surface area contributed by atoms with E-state index in [0.717, 1.165) is 5.69 Å². The van der Waals surface area contributed by atoms with E-state index >= 15 is 0 Å². The van der Waals surface area contributed by atoms with Crippen molar-refractivity contribution in [3.63, 3.8) is 0 Å². The Bertz CT molecular complexity index is 638. The van der Waals surface area contributed by atoms with Crippen LogP contribution in [0.5, 0.6) is 0 Å². The number of rotatable bonds is 1. The lowest BCUT2D eigenvalue weighted by Crippen LogP contribution is -2.44. The Morgan fingerprint density at radius 2 is 1.96 bits per heavy atom. The van der Waals surface area contributed by atoms with Crippen LogP contribution in [0.1, 0.15) is 27.2 Å². The average Bonchev–Trinajstić information content (AvgIpc) is 2.88. The van der Waals surface area contributed by atoms with Gasteiger partial charge in [-0.25, -0.2) is 9.78 Å². The van der Waals surface area contributed by atoms with Crippen molar-refractivity contribution in [2.24, 2.45) is 11.8 Å². The number of anilines is 2. The molecular weight excluding hydrogens is 308 g/mol. The Labute approximate surface area is 141 Å². The van der Waals surface area contributed by atoms with Gasteiger partial charge in [0, 0.05) is 26.1 Å². The second kappa shape index (κ2) is 5.96. The van der Waals surface area contributed by atoms with Crippen molar-refractivity contribution in [2.45, 2.75) is 32.8 Å². The van der Waals surface area contributed by atoms with Crippen LogP contribution in [0, 0.1) is 11.8 Å². The largest absolute Gasteiger partial charge is 0.444 e. The zero-order valence-electron chi connectivity index (χ0n) is 14.4. The van der Waals surface area contributed by atoms with E-state index in [9.17, 15) is 9.59 Å². The van der Waals surface area contributed by atoms with Crippen LogP contribution in [0.25, 0.3) is 0 Å². The molecule has 2 amide bonds. The topological polar surface area (TPSA) is 88.8 Å². The molecule has 2 atom stereocenters. The summed E-state index contributed by atoms with van der Waals surface area (Å²) in [6, 6.07) is 3.50. The summed E-state index contributed by atoms with van der Waals surface area (Å²) in [6.45, 7) is 7.35.